The van der Waals surface area contributed by atoms with E-state index in [1.807, 2.05) is 7.05 Å². The maximum atomic E-state index is 12.9. The van der Waals surface area contributed by atoms with Crippen LogP contribution in [0.4, 0.5) is 29.3 Å². The lowest BCUT2D eigenvalue weighted by Gasteiger charge is -2.21. The zero-order valence-corrected chi connectivity index (χ0v) is 16.1. The molecule has 0 spiro atoms. The van der Waals surface area contributed by atoms with Crippen LogP contribution in [-0.2, 0) is 6.18 Å². The molecule has 0 aliphatic heterocycles. The summed E-state index contributed by atoms with van der Waals surface area (Å²) in [5, 5.41) is 5.21. The molecule has 1 rings (SSSR count). The summed E-state index contributed by atoms with van der Waals surface area (Å²) in [7, 11) is 5.45. The molecule has 0 saturated heterocycles. The highest BCUT2D eigenvalue weighted by Crippen LogP contribution is 2.34. The van der Waals surface area contributed by atoms with Crippen LogP contribution in [0.2, 0.25) is 0 Å². The summed E-state index contributed by atoms with van der Waals surface area (Å²) < 4.78 is 38.7. The van der Waals surface area contributed by atoms with E-state index in [0.29, 0.717) is 18.3 Å². The third-order valence-electron chi connectivity index (χ3n) is 4.16. The van der Waals surface area contributed by atoms with Crippen LogP contribution in [0, 0.1) is 0 Å². The van der Waals surface area contributed by atoms with Gasteiger partial charge in [-0.05, 0) is 58.5 Å². The van der Waals surface area contributed by atoms with E-state index in [9.17, 15) is 18.0 Å². The first-order chi connectivity index (χ1) is 12.0. The van der Waals surface area contributed by atoms with Crippen LogP contribution in [0.15, 0.2) is 18.2 Å². The lowest BCUT2D eigenvalue weighted by Crippen LogP contribution is -2.31. The van der Waals surface area contributed by atoms with Crippen LogP contribution in [-0.4, -0.2) is 51.2 Å². The van der Waals surface area contributed by atoms with Crippen molar-refractivity contribution >= 4 is 17.4 Å². The van der Waals surface area contributed by atoms with E-state index < -0.39 is 17.8 Å². The van der Waals surface area contributed by atoms with Crippen molar-refractivity contribution in [2.45, 2.75) is 38.9 Å². The summed E-state index contributed by atoms with van der Waals surface area (Å²) in [5.74, 6) is 0. The van der Waals surface area contributed by atoms with E-state index in [1.54, 1.807) is 19.0 Å². The van der Waals surface area contributed by atoms with E-state index in [4.69, 9.17) is 0 Å². The molecule has 1 aromatic rings. The van der Waals surface area contributed by atoms with Crippen molar-refractivity contribution in [3.8, 4) is 0 Å². The fourth-order valence-electron chi connectivity index (χ4n) is 2.32. The molecule has 0 fully saturated rings. The zero-order chi connectivity index (χ0) is 19.9. The summed E-state index contributed by atoms with van der Waals surface area (Å²) in [6, 6.07) is 3.26. The molecule has 0 atom stereocenters. The van der Waals surface area contributed by atoms with E-state index >= 15 is 0 Å². The number of alkyl halides is 3. The highest BCUT2D eigenvalue weighted by Gasteiger charge is 2.31. The number of halogens is 3. The number of hydrogen-bond donors (Lipinski definition) is 2. The summed E-state index contributed by atoms with van der Waals surface area (Å²) >= 11 is 0. The third-order valence-corrected chi connectivity index (χ3v) is 4.16. The number of rotatable bonds is 8. The number of urea groups is 1. The first kappa shape index (κ1) is 22.1. The van der Waals surface area contributed by atoms with Gasteiger partial charge in [-0.2, -0.15) is 13.2 Å². The van der Waals surface area contributed by atoms with Gasteiger partial charge < -0.3 is 20.4 Å². The van der Waals surface area contributed by atoms with Crippen molar-refractivity contribution in [3.63, 3.8) is 0 Å². The monoisotopic (exact) mass is 374 g/mol. The number of hydrogen-bond acceptors (Lipinski definition) is 3. The molecule has 26 heavy (non-hydrogen) atoms. The Morgan fingerprint density at radius 2 is 1.81 bits per heavy atom. The Balaban J connectivity index is 2.60. The molecular weight excluding hydrogens is 345 g/mol. The minimum absolute atomic E-state index is 0.127. The van der Waals surface area contributed by atoms with Crippen LogP contribution in [0.25, 0.3) is 0 Å². The molecule has 0 aromatic heterocycles. The van der Waals surface area contributed by atoms with Crippen LogP contribution in [0.5, 0.6) is 0 Å². The molecule has 0 bridgehead atoms. The molecular formula is C18H29F3N4O. The molecule has 5 nitrogen and oxygen atoms in total. The normalized spacial score (nSPS) is 11.8. The van der Waals surface area contributed by atoms with Crippen LogP contribution in [0.1, 0.15) is 32.3 Å². The number of nitrogens with one attached hydrogen (secondary N) is 2. The Bertz CT molecular complexity index is 588. The number of benzene rings is 1. The van der Waals surface area contributed by atoms with Gasteiger partial charge in [0.05, 0.1) is 16.9 Å². The number of nitrogens with zero attached hydrogens (tertiary/aromatic N) is 2. The van der Waals surface area contributed by atoms with Gasteiger partial charge in [-0.25, -0.2) is 4.79 Å². The van der Waals surface area contributed by atoms with Gasteiger partial charge in [0.15, 0.2) is 0 Å². The molecule has 0 heterocycles. The molecule has 0 aliphatic carbocycles. The molecule has 0 aliphatic rings. The first-order valence-corrected chi connectivity index (χ1v) is 8.66. The van der Waals surface area contributed by atoms with Crippen molar-refractivity contribution in [1.29, 1.82) is 0 Å². The average molecular weight is 374 g/mol. The Morgan fingerprint density at radius 3 is 2.35 bits per heavy atom. The van der Waals surface area contributed by atoms with Gasteiger partial charge in [0.1, 0.15) is 0 Å². The Labute approximate surface area is 153 Å². The van der Waals surface area contributed by atoms with Gasteiger partial charge in [-0.15, -0.1) is 0 Å². The smallest absolute Gasteiger partial charge is 0.376 e. The topological polar surface area (TPSA) is 47.6 Å². The molecule has 0 saturated carbocycles. The second-order valence-corrected chi connectivity index (χ2v) is 6.79. The predicted octanol–water partition coefficient (Wildman–Crippen LogP) is 4.01. The number of carbonyl (C=O) groups is 1. The highest BCUT2D eigenvalue weighted by molar-refractivity contribution is 5.93. The highest BCUT2D eigenvalue weighted by atomic mass is 19.4. The lowest BCUT2D eigenvalue weighted by atomic mass is 10.1. The first-order valence-electron chi connectivity index (χ1n) is 8.66. The summed E-state index contributed by atoms with van der Waals surface area (Å²) in [4.78, 5) is 15.9. The zero-order valence-electron chi connectivity index (χ0n) is 16.1. The minimum atomic E-state index is -4.46. The van der Waals surface area contributed by atoms with Gasteiger partial charge >= 0.3 is 12.2 Å². The summed E-state index contributed by atoms with van der Waals surface area (Å²) in [5.41, 5.74) is -0.163. The van der Waals surface area contributed by atoms with E-state index in [2.05, 4.69) is 29.4 Å². The Kier molecular flexibility index (Phi) is 8.20. The fourth-order valence-corrected chi connectivity index (χ4v) is 2.32. The molecule has 1 aromatic carbocycles. The van der Waals surface area contributed by atoms with Crippen molar-refractivity contribution in [2.75, 3.05) is 44.4 Å². The van der Waals surface area contributed by atoms with Crippen molar-refractivity contribution in [2.24, 2.45) is 0 Å². The third kappa shape index (κ3) is 7.11. The molecule has 0 radical (unpaired) electrons. The molecule has 0 unspecified atom stereocenters. The largest absolute Gasteiger partial charge is 0.416 e. The van der Waals surface area contributed by atoms with Crippen LogP contribution >= 0.6 is 0 Å². The van der Waals surface area contributed by atoms with Crippen LogP contribution < -0.4 is 15.5 Å². The van der Waals surface area contributed by atoms with Gasteiger partial charge in [-0.1, -0.05) is 0 Å². The Morgan fingerprint density at radius 1 is 1.15 bits per heavy atom. The van der Waals surface area contributed by atoms with Crippen molar-refractivity contribution in [1.82, 2.24) is 10.2 Å². The molecule has 2 N–H and O–H groups in total. The van der Waals surface area contributed by atoms with E-state index in [0.717, 1.165) is 31.5 Å². The average Bonchev–Trinajstić information content (AvgIpc) is 2.52. The Hall–Kier alpha value is -1.96. The maximum absolute atomic E-state index is 12.9. The predicted molar refractivity (Wildman–Crippen MR) is 99.8 cm³/mol. The number of unbranched alkanes of at least 4 members (excludes halogenated alkanes) is 1. The van der Waals surface area contributed by atoms with Gasteiger partial charge in [-0.3, -0.25) is 0 Å². The fraction of sp³-hybridized carbons (Fsp3) is 0.611. The number of anilines is 2. The van der Waals surface area contributed by atoms with Gasteiger partial charge in [0.2, 0.25) is 0 Å². The molecule has 8 heteroatoms. The SMILES string of the molecule is CC(C)N(C)CCCCNC(=O)Nc1cc(C(F)(F)F)ccc1N(C)C. The minimum Gasteiger partial charge on any atom is -0.376 e. The molecule has 2 amide bonds. The van der Waals surface area contributed by atoms with Crippen molar-refractivity contribution in [3.05, 3.63) is 23.8 Å². The quantitative estimate of drug-likeness (QED) is 0.676. The summed E-state index contributed by atoms with van der Waals surface area (Å²) in [6.45, 7) is 5.62. The van der Waals surface area contributed by atoms with Crippen molar-refractivity contribution < 1.29 is 18.0 Å². The molecule has 148 valence electrons. The second kappa shape index (κ2) is 9.66. The number of carbonyl (C=O) groups excluding carboxylic acids is 1. The maximum Gasteiger partial charge on any atom is 0.416 e. The standard InChI is InChI=1S/C18H29F3N4O/c1-13(2)25(5)11-7-6-10-22-17(26)23-15-12-14(18(19,20)21)8-9-16(15)24(3)4/h8-9,12-13H,6-7,10-11H2,1-5H3,(H2,22,23,26). The second-order valence-electron chi connectivity index (χ2n) is 6.79. The lowest BCUT2D eigenvalue weighted by molar-refractivity contribution is -0.137. The van der Waals surface area contributed by atoms with E-state index in [-0.39, 0.29) is 5.69 Å². The van der Waals surface area contributed by atoms with E-state index in [1.165, 1.54) is 6.07 Å². The van der Waals surface area contributed by atoms with Gasteiger partial charge in [0, 0.05) is 26.7 Å². The number of amides is 2. The van der Waals surface area contributed by atoms with Gasteiger partial charge in [0.25, 0.3) is 0 Å². The van der Waals surface area contributed by atoms with Crippen LogP contribution in [0.3, 0.4) is 0 Å². The summed E-state index contributed by atoms with van der Waals surface area (Å²) in [6.07, 6.45) is -2.73.